The second-order valence-corrected chi connectivity index (χ2v) is 6.49. The number of rotatable bonds is 5. The van der Waals surface area contributed by atoms with Crippen molar-refractivity contribution in [1.29, 1.82) is 0 Å². The zero-order chi connectivity index (χ0) is 16.1. The van der Waals surface area contributed by atoms with Crippen LogP contribution in [0, 0.1) is 0 Å². The van der Waals surface area contributed by atoms with E-state index in [2.05, 4.69) is 17.1 Å². The number of likely N-dealkylation sites (tertiary alicyclic amines) is 1. The number of nitrogens with zero attached hydrogens (tertiary/aromatic N) is 1. The Hall–Kier alpha value is -1.81. The van der Waals surface area contributed by atoms with Crippen molar-refractivity contribution in [2.24, 2.45) is 0 Å². The lowest BCUT2D eigenvalue weighted by atomic mass is 10.0. The molecule has 1 saturated heterocycles. The molecule has 2 aliphatic heterocycles. The van der Waals surface area contributed by atoms with Crippen molar-refractivity contribution in [3.05, 3.63) is 35.4 Å². The standard InChI is InChI=1S/C19H26N2O2/c1-15-7-4-5-11-21(15)12-6-10-20-19(22)17-13-16-8-2-3-9-18(16)23-14-17/h2-3,8-9,13,15H,4-7,10-12,14H2,1H3,(H,20,22)/t15-/m0/s1. The number of hydrogen-bond acceptors (Lipinski definition) is 3. The van der Waals surface area contributed by atoms with Crippen LogP contribution in [0.4, 0.5) is 0 Å². The van der Waals surface area contributed by atoms with Crippen molar-refractivity contribution >= 4 is 12.0 Å². The maximum Gasteiger partial charge on any atom is 0.250 e. The monoisotopic (exact) mass is 314 g/mol. The molecule has 0 saturated carbocycles. The Morgan fingerprint density at radius 2 is 2.22 bits per heavy atom. The van der Waals surface area contributed by atoms with Gasteiger partial charge in [-0.1, -0.05) is 24.6 Å². The predicted molar refractivity (Wildman–Crippen MR) is 92.4 cm³/mol. The molecule has 2 heterocycles. The Labute approximate surface area is 138 Å². The number of nitrogens with one attached hydrogen (secondary N) is 1. The highest BCUT2D eigenvalue weighted by atomic mass is 16.5. The zero-order valence-corrected chi connectivity index (χ0v) is 13.9. The number of fused-ring (bicyclic) bond motifs is 1. The van der Waals surface area contributed by atoms with Crippen molar-refractivity contribution in [3.8, 4) is 5.75 Å². The average molecular weight is 314 g/mol. The minimum absolute atomic E-state index is 0.00815. The largest absolute Gasteiger partial charge is 0.488 e. The molecule has 1 fully saturated rings. The van der Waals surface area contributed by atoms with E-state index in [1.807, 2.05) is 30.3 Å². The molecule has 4 nitrogen and oxygen atoms in total. The molecule has 2 aliphatic rings. The molecule has 0 unspecified atom stereocenters. The fourth-order valence-corrected chi connectivity index (χ4v) is 3.33. The summed E-state index contributed by atoms with van der Waals surface area (Å²) in [7, 11) is 0. The van der Waals surface area contributed by atoms with E-state index in [-0.39, 0.29) is 5.91 Å². The lowest BCUT2D eigenvalue weighted by Gasteiger charge is -2.33. The van der Waals surface area contributed by atoms with Gasteiger partial charge in [-0.2, -0.15) is 0 Å². The number of carbonyl (C=O) groups is 1. The van der Waals surface area contributed by atoms with Crippen LogP contribution in [0.15, 0.2) is 29.8 Å². The summed E-state index contributed by atoms with van der Waals surface area (Å²) in [4.78, 5) is 14.8. The SMILES string of the molecule is C[C@H]1CCCCN1CCCNC(=O)C1=Cc2ccccc2OC1. The van der Waals surface area contributed by atoms with Gasteiger partial charge in [-0.05, 0) is 44.9 Å². The first-order valence-corrected chi connectivity index (χ1v) is 8.68. The summed E-state index contributed by atoms with van der Waals surface area (Å²) in [5.41, 5.74) is 1.68. The molecule has 3 rings (SSSR count). The number of benzene rings is 1. The second-order valence-electron chi connectivity index (χ2n) is 6.49. The van der Waals surface area contributed by atoms with E-state index in [1.54, 1.807) is 0 Å². The molecule has 0 bridgehead atoms. The minimum Gasteiger partial charge on any atom is -0.488 e. The molecule has 1 aromatic rings. The average Bonchev–Trinajstić information content (AvgIpc) is 2.59. The Bertz CT molecular complexity index is 582. The van der Waals surface area contributed by atoms with Gasteiger partial charge in [0.25, 0.3) is 5.91 Å². The predicted octanol–water partition coefficient (Wildman–Crippen LogP) is 2.84. The third kappa shape index (κ3) is 4.14. The number of ether oxygens (including phenoxy) is 1. The van der Waals surface area contributed by atoms with Gasteiger partial charge in [0.15, 0.2) is 0 Å². The van der Waals surface area contributed by atoms with E-state index in [4.69, 9.17) is 4.74 Å². The topological polar surface area (TPSA) is 41.6 Å². The summed E-state index contributed by atoms with van der Waals surface area (Å²) >= 11 is 0. The van der Waals surface area contributed by atoms with Gasteiger partial charge in [0.2, 0.25) is 0 Å². The highest BCUT2D eigenvalue weighted by molar-refractivity contribution is 5.99. The molecule has 1 amide bonds. The van der Waals surface area contributed by atoms with Crippen molar-refractivity contribution in [3.63, 3.8) is 0 Å². The van der Waals surface area contributed by atoms with Gasteiger partial charge in [0.05, 0.1) is 5.57 Å². The normalized spacial score (nSPS) is 21.1. The van der Waals surface area contributed by atoms with E-state index in [0.29, 0.717) is 18.2 Å². The Balaban J connectivity index is 1.44. The number of amides is 1. The van der Waals surface area contributed by atoms with Crippen LogP contribution in [0.2, 0.25) is 0 Å². The van der Waals surface area contributed by atoms with E-state index in [1.165, 1.54) is 25.8 Å². The molecule has 1 aromatic carbocycles. The molecule has 4 heteroatoms. The zero-order valence-electron chi connectivity index (χ0n) is 13.9. The molecule has 0 radical (unpaired) electrons. The lowest BCUT2D eigenvalue weighted by molar-refractivity contribution is -0.117. The molecule has 23 heavy (non-hydrogen) atoms. The summed E-state index contributed by atoms with van der Waals surface area (Å²) in [6.45, 7) is 5.65. The van der Waals surface area contributed by atoms with Crippen LogP contribution in [-0.4, -0.2) is 43.1 Å². The Kier molecular flexibility index (Phi) is 5.34. The highest BCUT2D eigenvalue weighted by Gasteiger charge is 2.18. The maximum atomic E-state index is 12.3. The van der Waals surface area contributed by atoms with E-state index in [9.17, 15) is 4.79 Å². The summed E-state index contributed by atoms with van der Waals surface area (Å²) in [5, 5.41) is 3.02. The van der Waals surface area contributed by atoms with Gasteiger partial charge in [0, 0.05) is 24.7 Å². The molecular weight excluding hydrogens is 288 g/mol. The third-order valence-corrected chi connectivity index (χ3v) is 4.77. The molecule has 1 atom stereocenters. The molecular formula is C19H26N2O2. The molecule has 0 aliphatic carbocycles. The van der Waals surface area contributed by atoms with Crippen molar-refractivity contribution < 1.29 is 9.53 Å². The van der Waals surface area contributed by atoms with Crippen LogP contribution in [-0.2, 0) is 4.79 Å². The first-order chi connectivity index (χ1) is 11.2. The quantitative estimate of drug-likeness (QED) is 0.850. The van der Waals surface area contributed by atoms with E-state index < -0.39 is 0 Å². The van der Waals surface area contributed by atoms with Gasteiger partial charge in [-0.15, -0.1) is 0 Å². The van der Waals surface area contributed by atoms with Crippen molar-refractivity contribution in [2.75, 3.05) is 26.2 Å². The first-order valence-electron chi connectivity index (χ1n) is 8.68. The van der Waals surface area contributed by atoms with Gasteiger partial charge >= 0.3 is 0 Å². The summed E-state index contributed by atoms with van der Waals surface area (Å²) in [5.74, 6) is 0.842. The van der Waals surface area contributed by atoms with Crippen LogP contribution in [0.1, 0.15) is 38.2 Å². The second kappa shape index (κ2) is 7.64. The number of piperidine rings is 1. The van der Waals surface area contributed by atoms with Crippen molar-refractivity contribution in [2.45, 2.75) is 38.6 Å². The fraction of sp³-hybridized carbons (Fsp3) is 0.526. The number of para-hydroxylation sites is 1. The fourth-order valence-electron chi connectivity index (χ4n) is 3.33. The van der Waals surface area contributed by atoms with Gasteiger partial charge in [-0.3, -0.25) is 4.79 Å². The molecule has 0 aromatic heterocycles. The molecule has 0 spiro atoms. The van der Waals surface area contributed by atoms with Crippen molar-refractivity contribution in [1.82, 2.24) is 10.2 Å². The van der Waals surface area contributed by atoms with Gasteiger partial charge < -0.3 is 15.0 Å². The summed E-state index contributed by atoms with van der Waals surface area (Å²) in [6, 6.07) is 8.49. The third-order valence-electron chi connectivity index (χ3n) is 4.77. The van der Waals surface area contributed by atoms with Crippen LogP contribution < -0.4 is 10.1 Å². The lowest BCUT2D eigenvalue weighted by Crippen LogP contribution is -2.39. The summed E-state index contributed by atoms with van der Waals surface area (Å²) in [6.07, 6.45) is 6.89. The summed E-state index contributed by atoms with van der Waals surface area (Å²) < 4.78 is 5.64. The number of hydrogen-bond donors (Lipinski definition) is 1. The van der Waals surface area contributed by atoms with E-state index >= 15 is 0 Å². The molecule has 124 valence electrons. The highest BCUT2D eigenvalue weighted by Crippen LogP contribution is 2.25. The van der Waals surface area contributed by atoms with Crippen LogP contribution >= 0.6 is 0 Å². The van der Waals surface area contributed by atoms with Crippen LogP contribution in [0.5, 0.6) is 5.75 Å². The van der Waals surface area contributed by atoms with E-state index in [0.717, 1.165) is 30.8 Å². The van der Waals surface area contributed by atoms with Gasteiger partial charge in [-0.25, -0.2) is 0 Å². The van der Waals surface area contributed by atoms with Crippen LogP contribution in [0.25, 0.3) is 6.08 Å². The Morgan fingerprint density at radius 1 is 1.35 bits per heavy atom. The number of carbonyl (C=O) groups excluding carboxylic acids is 1. The maximum absolute atomic E-state index is 12.3. The Morgan fingerprint density at radius 3 is 3.09 bits per heavy atom. The van der Waals surface area contributed by atoms with Gasteiger partial charge in [0.1, 0.15) is 12.4 Å². The molecule has 1 N–H and O–H groups in total. The minimum atomic E-state index is -0.00815. The smallest absolute Gasteiger partial charge is 0.250 e. The van der Waals surface area contributed by atoms with Crippen LogP contribution in [0.3, 0.4) is 0 Å². The first kappa shape index (κ1) is 16.1.